The number of esters is 1. The van der Waals surface area contributed by atoms with Crippen LogP contribution in [-0.2, 0) is 11.3 Å². The Morgan fingerprint density at radius 2 is 1.72 bits per heavy atom. The molecule has 1 heterocycles. The molecule has 1 aliphatic carbocycles. The summed E-state index contributed by atoms with van der Waals surface area (Å²) in [5.41, 5.74) is 3.47. The molecule has 186 valence electrons. The third kappa shape index (κ3) is 4.30. The van der Waals surface area contributed by atoms with Crippen molar-refractivity contribution < 1.29 is 19.2 Å². The Kier molecular flexibility index (Phi) is 6.63. The van der Waals surface area contributed by atoms with E-state index in [1.165, 1.54) is 31.4 Å². The molecule has 0 spiro atoms. The van der Waals surface area contributed by atoms with Crippen LogP contribution >= 0.6 is 0 Å². The second-order valence-electron chi connectivity index (χ2n) is 9.37. The van der Waals surface area contributed by atoms with Gasteiger partial charge in [0.1, 0.15) is 12.4 Å². The molecule has 7 heteroatoms. The first-order valence-corrected chi connectivity index (χ1v) is 12.6. The number of carbonyl (C=O) groups excluding carboxylic acids is 1. The van der Waals surface area contributed by atoms with Crippen LogP contribution in [0.1, 0.15) is 66.7 Å². The molecule has 4 aromatic rings. The van der Waals surface area contributed by atoms with Crippen molar-refractivity contribution in [2.75, 3.05) is 6.61 Å². The quantitative estimate of drug-likeness (QED) is 0.156. The maximum atomic E-state index is 13.2. The highest BCUT2D eigenvalue weighted by Gasteiger charge is 2.28. The predicted octanol–water partition coefficient (Wildman–Crippen LogP) is 7.27. The van der Waals surface area contributed by atoms with Crippen molar-refractivity contribution in [3.8, 4) is 5.75 Å². The molecule has 1 saturated carbocycles. The first-order chi connectivity index (χ1) is 17.5. The van der Waals surface area contributed by atoms with Gasteiger partial charge in [-0.25, -0.2) is 4.79 Å². The first kappa shape index (κ1) is 23.9. The number of carbonyl (C=O) groups is 1. The number of fused-ring (bicyclic) bond motifs is 3. The molecular weight excluding hydrogens is 456 g/mol. The SMILES string of the molecule is CCOC(=O)c1c(C)n(C2CCCCC2)c2c1cc(OCc1ccc([N+](=O)[O-])cc1)c1ccccc12. The van der Waals surface area contributed by atoms with E-state index in [4.69, 9.17) is 9.47 Å². The Hall–Kier alpha value is -3.87. The summed E-state index contributed by atoms with van der Waals surface area (Å²) in [6, 6.07) is 16.8. The monoisotopic (exact) mass is 486 g/mol. The summed E-state index contributed by atoms with van der Waals surface area (Å²) < 4.78 is 14.1. The molecular formula is C29H30N2O5. The lowest BCUT2D eigenvalue weighted by Gasteiger charge is -2.26. The molecule has 0 bridgehead atoms. The third-order valence-corrected chi connectivity index (χ3v) is 7.17. The standard InChI is InChI=1S/C29H30N2O5/c1-3-35-29(32)27-19(2)30(21-9-5-4-6-10-21)28-24-12-8-7-11-23(24)26(17-25(27)28)36-18-20-13-15-22(16-14-20)31(33)34/h7-8,11-17,21H,3-6,9-10,18H2,1-2H3. The van der Waals surface area contributed by atoms with Crippen LogP contribution in [0.3, 0.4) is 0 Å². The Morgan fingerprint density at radius 1 is 1.03 bits per heavy atom. The van der Waals surface area contributed by atoms with Gasteiger partial charge in [0, 0.05) is 40.0 Å². The number of nitrogens with zero attached hydrogens (tertiary/aromatic N) is 2. The second-order valence-corrected chi connectivity index (χ2v) is 9.37. The number of hydrogen-bond donors (Lipinski definition) is 0. The maximum absolute atomic E-state index is 13.2. The maximum Gasteiger partial charge on any atom is 0.340 e. The Labute approximate surface area is 209 Å². The summed E-state index contributed by atoms with van der Waals surface area (Å²) in [5, 5.41) is 13.8. The smallest absolute Gasteiger partial charge is 0.340 e. The lowest BCUT2D eigenvalue weighted by molar-refractivity contribution is -0.384. The van der Waals surface area contributed by atoms with Gasteiger partial charge in [0.05, 0.1) is 22.6 Å². The fourth-order valence-electron chi connectivity index (χ4n) is 5.51. The van der Waals surface area contributed by atoms with Gasteiger partial charge in [0.2, 0.25) is 0 Å². The van der Waals surface area contributed by atoms with Crippen molar-refractivity contribution >= 4 is 33.3 Å². The topological polar surface area (TPSA) is 83.6 Å². The van der Waals surface area contributed by atoms with E-state index < -0.39 is 4.92 Å². The van der Waals surface area contributed by atoms with Crippen molar-refractivity contribution in [1.82, 2.24) is 4.57 Å². The Balaban J connectivity index is 1.65. The molecule has 1 fully saturated rings. The van der Waals surface area contributed by atoms with E-state index in [-0.39, 0.29) is 18.3 Å². The fraction of sp³-hybridized carbons (Fsp3) is 0.345. The summed E-state index contributed by atoms with van der Waals surface area (Å²) in [5.74, 6) is 0.356. The van der Waals surface area contributed by atoms with Crippen LogP contribution in [0.25, 0.3) is 21.7 Å². The highest BCUT2D eigenvalue weighted by atomic mass is 16.6. The molecule has 0 aliphatic heterocycles. The molecule has 0 amide bonds. The number of aromatic nitrogens is 1. The minimum Gasteiger partial charge on any atom is -0.488 e. The van der Waals surface area contributed by atoms with Gasteiger partial charge in [-0.1, -0.05) is 43.5 Å². The number of ether oxygens (including phenoxy) is 2. The zero-order chi connectivity index (χ0) is 25.2. The zero-order valence-electron chi connectivity index (χ0n) is 20.7. The van der Waals surface area contributed by atoms with Crippen LogP contribution in [0.2, 0.25) is 0 Å². The second kappa shape index (κ2) is 10.0. The molecule has 0 unspecified atom stereocenters. The first-order valence-electron chi connectivity index (χ1n) is 12.6. The highest BCUT2D eigenvalue weighted by Crippen LogP contribution is 2.42. The van der Waals surface area contributed by atoms with Gasteiger partial charge in [-0.2, -0.15) is 0 Å². The van der Waals surface area contributed by atoms with Crippen molar-refractivity contribution in [3.63, 3.8) is 0 Å². The number of nitro groups is 1. The molecule has 1 aliphatic rings. The minimum atomic E-state index is -0.414. The normalized spacial score (nSPS) is 14.3. The molecule has 5 rings (SSSR count). The van der Waals surface area contributed by atoms with E-state index in [9.17, 15) is 14.9 Å². The van der Waals surface area contributed by atoms with Gasteiger partial charge in [-0.05, 0) is 50.5 Å². The largest absolute Gasteiger partial charge is 0.488 e. The Morgan fingerprint density at radius 3 is 2.39 bits per heavy atom. The van der Waals surface area contributed by atoms with Crippen LogP contribution in [-0.4, -0.2) is 22.1 Å². The van der Waals surface area contributed by atoms with Crippen molar-refractivity contribution in [3.05, 3.63) is 81.5 Å². The van der Waals surface area contributed by atoms with Crippen LogP contribution < -0.4 is 4.74 Å². The summed E-state index contributed by atoms with van der Waals surface area (Å²) in [6.45, 7) is 4.41. The summed E-state index contributed by atoms with van der Waals surface area (Å²) in [6.07, 6.45) is 5.82. The lowest BCUT2D eigenvalue weighted by atomic mass is 9.94. The molecule has 1 aromatic heterocycles. The number of non-ortho nitro benzene ring substituents is 1. The van der Waals surface area contributed by atoms with Gasteiger partial charge < -0.3 is 14.0 Å². The average Bonchev–Trinajstić information content (AvgIpc) is 3.20. The number of rotatable bonds is 7. The van der Waals surface area contributed by atoms with Gasteiger partial charge in [0.25, 0.3) is 5.69 Å². The summed E-state index contributed by atoms with van der Waals surface area (Å²) in [7, 11) is 0. The summed E-state index contributed by atoms with van der Waals surface area (Å²) in [4.78, 5) is 23.7. The molecule has 0 N–H and O–H groups in total. The van der Waals surface area contributed by atoms with E-state index in [0.717, 1.165) is 45.8 Å². The minimum absolute atomic E-state index is 0.0456. The molecule has 0 saturated heterocycles. The zero-order valence-corrected chi connectivity index (χ0v) is 20.7. The van der Waals surface area contributed by atoms with Gasteiger partial charge in [-0.15, -0.1) is 0 Å². The van der Waals surface area contributed by atoms with Gasteiger partial charge >= 0.3 is 5.97 Å². The van der Waals surface area contributed by atoms with E-state index in [1.54, 1.807) is 12.1 Å². The van der Waals surface area contributed by atoms with Crippen molar-refractivity contribution in [2.24, 2.45) is 0 Å². The van der Waals surface area contributed by atoms with Crippen molar-refractivity contribution in [2.45, 2.75) is 58.6 Å². The van der Waals surface area contributed by atoms with E-state index in [0.29, 0.717) is 24.0 Å². The van der Waals surface area contributed by atoms with Crippen LogP contribution in [0.15, 0.2) is 54.6 Å². The fourth-order valence-corrected chi connectivity index (χ4v) is 5.51. The highest BCUT2D eigenvalue weighted by molar-refractivity contribution is 6.16. The van der Waals surface area contributed by atoms with E-state index in [2.05, 4.69) is 10.6 Å². The molecule has 7 nitrogen and oxygen atoms in total. The van der Waals surface area contributed by atoms with Crippen LogP contribution in [0.4, 0.5) is 5.69 Å². The lowest BCUT2D eigenvalue weighted by Crippen LogP contribution is -2.15. The van der Waals surface area contributed by atoms with E-state index in [1.807, 2.05) is 38.1 Å². The number of hydrogen-bond acceptors (Lipinski definition) is 5. The van der Waals surface area contributed by atoms with Gasteiger partial charge in [0.15, 0.2) is 0 Å². The van der Waals surface area contributed by atoms with Crippen molar-refractivity contribution in [1.29, 1.82) is 0 Å². The van der Waals surface area contributed by atoms with Gasteiger partial charge in [-0.3, -0.25) is 10.1 Å². The predicted molar refractivity (Wildman–Crippen MR) is 140 cm³/mol. The molecule has 0 atom stereocenters. The molecule has 0 radical (unpaired) electrons. The average molecular weight is 487 g/mol. The van der Waals surface area contributed by atoms with Crippen LogP contribution in [0, 0.1) is 17.0 Å². The summed E-state index contributed by atoms with van der Waals surface area (Å²) >= 11 is 0. The molecule has 3 aromatic carbocycles. The van der Waals surface area contributed by atoms with Crippen LogP contribution in [0.5, 0.6) is 5.75 Å². The van der Waals surface area contributed by atoms with E-state index >= 15 is 0 Å². The third-order valence-electron chi connectivity index (χ3n) is 7.17. The Bertz CT molecular complexity index is 1430. The molecule has 36 heavy (non-hydrogen) atoms. The number of benzene rings is 3. The number of nitro benzene ring substituents is 1.